The minimum Gasteiger partial charge on any atom is -0.388 e. The van der Waals surface area contributed by atoms with Crippen LogP contribution < -0.4 is 0 Å². The molecule has 1 fully saturated rings. The Kier molecular flexibility index (Phi) is 4.49. The lowest BCUT2D eigenvalue weighted by Gasteiger charge is -2.18. The molecule has 0 bridgehead atoms. The Balaban J connectivity index is 2.00. The van der Waals surface area contributed by atoms with Crippen molar-refractivity contribution < 1.29 is 9.90 Å². The first-order valence-electron chi connectivity index (χ1n) is 5.98. The second kappa shape index (κ2) is 5.91. The van der Waals surface area contributed by atoms with E-state index in [0.717, 1.165) is 25.9 Å². The number of hydrogen-bond acceptors (Lipinski definition) is 2. The average molecular weight is 288 g/mol. The summed E-state index contributed by atoms with van der Waals surface area (Å²) in [6.45, 7) is 1.60. The van der Waals surface area contributed by atoms with Crippen LogP contribution in [0.2, 0.25) is 10.0 Å². The van der Waals surface area contributed by atoms with Crippen LogP contribution in [-0.2, 0) is 4.79 Å². The van der Waals surface area contributed by atoms with Crippen molar-refractivity contribution in [2.24, 2.45) is 0 Å². The van der Waals surface area contributed by atoms with Crippen molar-refractivity contribution in [2.45, 2.75) is 25.4 Å². The fraction of sp³-hybridized carbons (Fsp3) is 0.462. The molecule has 1 unspecified atom stereocenters. The molecule has 1 aromatic rings. The molecule has 1 heterocycles. The van der Waals surface area contributed by atoms with E-state index < -0.39 is 6.10 Å². The average Bonchev–Trinajstić information content (AvgIpc) is 2.86. The van der Waals surface area contributed by atoms with Gasteiger partial charge in [-0.15, -0.1) is 0 Å². The summed E-state index contributed by atoms with van der Waals surface area (Å²) in [4.78, 5) is 13.7. The molecule has 0 saturated carbocycles. The van der Waals surface area contributed by atoms with Gasteiger partial charge in [-0.25, -0.2) is 0 Å². The summed E-state index contributed by atoms with van der Waals surface area (Å²) < 4.78 is 0. The number of hydrogen-bond donors (Lipinski definition) is 1. The molecule has 1 atom stereocenters. The van der Waals surface area contributed by atoms with E-state index in [9.17, 15) is 9.90 Å². The Morgan fingerprint density at radius 3 is 2.56 bits per heavy atom. The first-order valence-corrected chi connectivity index (χ1v) is 6.74. The number of rotatable bonds is 3. The van der Waals surface area contributed by atoms with Gasteiger partial charge in [0.15, 0.2) is 0 Å². The molecule has 1 N–H and O–H groups in total. The fourth-order valence-corrected chi connectivity index (χ4v) is 2.41. The molecule has 18 heavy (non-hydrogen) atoms. The quantitative estimate of drug-likeness (QED) is 0.928. The minimum absolute atomic E-state index is 0.00827. The third-order valence-corrected chi connectivity index (χ3v) is 3.89. The lowest BCUT2D eigenvalue weighted by Crippen LogP contribution is -2.28. The summed E-state index contributed by atoms with van der Waals surface area (Å²) in [5, 5.41) is 10.9. The van der Waals surface area contributed by atoms with E-state index in [0.29, 0.717) is 15.6 Å². The molecular weight excluding hydrogens is 273 g/mol. The predicted octanol–water partition coefficient (Wildman–Crippen LogP) is 3.04. The van der Waals surface area contributed by atoms with Crippen molar-refractivity contribution in [1.29, 1.82) is 0 Å². The Morgan fingerprint density at radius 2 is 1.94 bits per heavy atom. The monoisotopic (exact) mass is 287 g/mol. The van der Waals surface area contributed by atoms with E-state index in [4.69, 9.17) is 23.2 Å². The molecule has 98 valence electrons. The summed E-state index contributed by atoms with van der Waals surface area (Å²) in [5.41, 5.74) is 0.622. The normalized spacial score (nSPS) is 16.9. The maximum absolute atomic E-state index is 11.9. The van der Waals surface area contributed by atoms with Crippen LogP contribution in [0.25, 0.3) is 0 Å². The predicted molar refractivity (Wildman–Crippen MR) is 71.9 cm³/mol. The van der Waals surface area contributed by atoms with Crippen LogP contribution in [0.3, 0.4) is 0 Å². The number of carbonyl (C=O) groups excluding carboxylic acids is 1. The third-order valence-electron chi connectivity index (χ3n) is 3.16. The van der Waals surface area contributed by atoms with Crippen LogP contribution in [0, 0.1) is 0 Å². The van der Waals surface area contributed by atoms with Crippen molar-refractivity contribution >= 4 is 29.1 Å². The van der Waals surface area contributed by atoms with E-state index >= 15 is 0 Å². The van der Waals surface area contributed by atoms with Gasteiger partial charge in [0.25, 0.3) is 0 Å². The van der Waals surface area contributed by atoms with Crippen molar-refractivity contribution in [3.05, 3.63) is 33.8 Å². The Hall–Kier alpha value is -0.770. The topological polar surface area (TPSA) is 40.5 Å². The van der Waals surface area contributed by atoms with Gasteiger partial charge < -0.3 is 10.0 Å². The zero-order chi connectivity index (χ0) is 13.1. The van der Waals surface area contributed by atoms with Gasteiger partial charge in [-0.3, -0.25) is 4.79 Å². The SMILES string of the molecule is O=C(CC(O)c1ccc(Cl)c(Cl)c1)N1CCCC1. The largest absolute Gasteiger partial charge is 0.388 e. The third kappa shape index (κ3) is 3.16. The highest BCUT2D eigenvalue weighted by molar-refractivity contribution is 6.42. The maximum atomic E-state index is 11.9. The number of nitrogens with zero attached hydrogens (tertiary/aromatic N) is 1. The molecule has 1 saturated heterocycles. The van der Waals surface area contributed by atoms with E-state index in [1.165, 1.54) is 0 Å². The number of amides is 1. The van der Waals surface area contributed by atoms with Gasteiger partial charge >= 0.3 is 0 Å². The summed E-state index contributed by atoms with van der Waals surface area (Å²) in [5.74, 6) is -0.00827. The van der Waals surface area contributed by atoms with E-state index in [2.05, 4.69) is 0 Å². The number of aliphatic hydroxyl groups excluding tert-OH is 1. The molecule has 0 radical (unpaired) electrons. The van der Waals surface area contributed by atoms with Crippen molar-refractivity contribution in [2.75, 3.05) is 13.1 Å². The zero-order valence-electron chi connectivity index (χ0n) is 9.90. The number of likely N-dealkylation sites (tertiary alicyclic amines) is 1. The highest BCUT2D eigenvalue weighted by Gasteiger charge is 2.21. The van der Waals surface area contributed by atoms with E-state index in [1.807, 2.05) is 0 Å². The Morgan fingerprint density at radius 1 is 1.28 bits per heavy atom. The highest BCUT2D eigenvalue weighted by Crippen LogP contribution is 2.27. The van der Waals surface area contributed by atoms with E-state index in [-0.39, 0.29) is 12.3 Å². The molecule has 1 aliphatic rings. The van der Waals surface area contributed by atoms with Gasteiger partial charge in [-0.05, 0) is 30.5 Å². The van der Waals surface area contributed by atoms with Gasteiger partial charge in [-0.1, -0.05) is 29.3 Å². The molecule has 1 aromatic carbocycles. The number of benzene rings is 1. The molecule has 1 amide bonds. The molecule has 2 rings (SSSR count). The summed E-state index contributed by atoms with van der Waals surface area (Å²) in [6.07, 6.45) is 1.37. The van der Waals surface area contributed by atoms with Gasteiger partial charge in [0.2, 0.25) is 5.91 Å². The van der Waals surface area contributed by atoms with Gasteiger partial charge in [0, 0.05) is 13.1 Å². The molecule has 0 spiro atoms. The number of carbonyl (C=O) groups is 1. The first-order chi connectivity index (χ1) is 8.58. The van der Waals surface area contributed by atoms with Gasteiger partial charge in [0.1, 0.15) is 0 Å². The molecule has 3 nitrogen and oxygen atoms in total. The smallest absolute Gasteiger partial charge is 0.225 e. The van der Waals surface area contributed by atoms with Crippen LogP contribution in [0.4, 0.5) is 0 Å². The molecule has 0 aliphatic carbocycles. The molecule has 5 heteroatoms. The summed E-state index contributed by atoms with van der Waals surface area (Å²) in [7, 11) is 0. The molecular formula is C13H15Cl2NO2. The second-order valence-corrected chi connectivity index (χ2v) is 5.30. The highest BCUT2D eigenvalue weighted by atomic mass is 35.5. The van der Waals surface area contributed by atoms with Crippen LogP contribution in [0.15, 0.2) is 18.2 Å². The van der Waals surface area contributed by atoms with Crippen molar-refractivity contribution in [1.82, 2.24) is 4.90 Å². The van der Waals surface area contributed by atoms with Crippen molar-refractivity contribution in [3.8, 4) is 0 Å². The van der Waals surface area contributed by atoms with Crippen LogP contribution in [-0.4, -0.2) is 29.0 Å². The van der Waals surface area contributed by atoms with Crippen LogP contribution in [0.1, 0.15) is 30.9 Å². The lowest BCUT2D eigenvalue weighted by molar-refractivity contribution is -0.132. The van der Waals surface area contributed by atoms with Crippen LogP contribution >= 0.6 is 23.2 Å². The number of aliphatic hydroxyl groups is 1. The molecule has 1 aliphatic heterocycles. The fourth-order valence-electron chi connectivity index (χ4n) is 2.10. The second-order valence-electron chi connectivity index (χ2n) is 4.48. The standard InChI is InChI=1S/C13H15Cl2NO2/c14-10-4-3-9(7-11(10)15)12(17)8-13(18)16-5-1-2-6-16/h3-4,7,12,17H,1-2,5-6,8H2. The van der Waals surface area contributed by atoms with Gasteiger partial charge in [0.05, 0.1) is 22.6 Å². The number of halogens is 2. The maximum Gasteiger partial charge on any atom is 0.225 e. The van der Waals surface area contributed by atoms with Crippen molar-refractivity contribution in [3.63, 3.8) is 0 Å². The zero-order valence-corrected chi connectivity index (χ0v) is 11.4. The van der Waals surface area contributed by atoms with Crippen LogP contribution in [0.5, 0.6) is 0 Å². The summed E-state index contributed by atoms with van der Waals surface area (Å²) in [6, 6.07) is 4.92. The molecule has 0 aromatic heterocycles. The minimum atomic E-state index is -0.826. The Labute approximate surface area is 116 Å². The summed E-state index contributed by atoms with van der Waals surface area (Å²) >= 11 is 11.7. The first kappa shape index (κ1) is 13.7. The van der Waals surface area contributed by atoms with E-state index in [1.54, 1.807) is 23.1 Å². The van der Waals surface area contributed by atoms with Gasteiger partial charge in [-0.2, -0.15) is 0 Å². The Bertz CT molecular complexity index is 445. The lowest BCUT2D eigenvalue weighted by atomic mass is 10.1.